The van der Waals surface area contributed by atoms with Crippen LogP contribution in [-0.2, 0) is 4.74 Å². The Hall–Kier alpha value is -0.630. The largest absolute Gasteiger partial charge is 0.377 e. The Bertz CT molecular complexity index is 250. The molecule has 0 aromatic rings. The molecule has 0 aromatic carbocycles. The topological polar surface area (TPSA) is 48.3 Å². The van der Waals surface area contributed by atoms with E-state index >= 15 is 0 Å². The molecule has 0 saturated heterocycles. The van der Waals surface area contributed by atoms with E-state index in [2.05, 4.69) is 37.2 Å². The summed E-state index contributed by atoms with van der Waals surface area (Å²) in [5, 5.41) is 12.4. The van der Waals surface area contributed by atoms with E-state index in [4.69, 9.17) is 10.00 Å². The first-order chi connectivity index (χ1) is 8.43. The van der Waals surface area contributed by atoms with Crippen LogP contribution < -0.4 is 5.32 Å². The van der Waals surface area contributed by atoms with Gasteiger partial charge in [-0.25, -0.2) is 0 Å². The normalized spacial score (nSPS) is 14.8. The van der Waals surface area contributed by atoms with Crippen molar-refractivity contribution in [2.24, 2.45) is 0 Å². The summed E-state index contributed by atoms with van der Waals surface area (Å²) in [5.41, 5.74) is -0.385. The van der Waals surface area contributed by atoms with Crippen LogP contribution in [-0.4, -0.2) is 49.8 Å². The van der Waals surface area contributed by atoms with E-state index < -0.39 is 0 Å². The van der Waals surface area contributed by atoms with Gasteiger partial charge in [-0.3, -0.25) is 5.32 Å². The third kappa shape index (κ3) is 8.46. The molecule has 0 aromatic heterocycles. The van der Waals surface area contributed by atoms with Crippen LogP contribution >= 0.6 is 0 Å². The molecule has 0 amide bonds. The van der Waals surface area contributed by atoms with Gasteiger partial charge in [0.15, 0.2) is 0 Å². The van der Waals surface area contributed by atoms with Crippen LogP contribution in [0, 0.1) is 11.3 Å². The summed E-state index contributed by atoms with van der Waals surface area (Å²) in [6.07, 6.45) is 2.20. The number of nitrogens with zero attached hydrogens (tertiary/aromatic N) is 2. The molecule has 106 valence electrons. The molecule has 0 spiro atoms. The molecule has 4 nitrogen and oxygen atoms in total. The Labute approximate surface area is 112 Å². The van der Waals surface area contributed by atoms with E-state index in [9.17, 15) is 0 Å². The van der Waals surface area contributed by atoms with Gasteiger partial charge < -0.3 is 9.64 Å². The number of nitrogens with one attached hydrogen (secondary N) is 1. The van der Waals surface area contributed by atoms with Crippen LogP contribution in [0.1, 0.15) is 40.5 Å². The number of ether oxygens (including phenoxy) is 1. The second kappa shape index (κ2) is 9.32. The molecule has 0 aliphatic carbocycles. The SMILES string of the molecule is CCNC(C)(C#N)CCCN(C)CCOC(C)C. The molecular formula is C14H29N3O. The zero-order valence-electron chi connectivity index (χ0n) is 12.6. The van der Waals surface area contributed by atoms with Gasteiger partial charge in [0, 0.05) is 6.54 Å². The first kappa shape index (κ1) is 17.4. The molecule has 0 aliphatic heterocycles. The van der Waals surface area contributed by atoms with Gasteiger partial charge in [0.2, 0.25) is 0 Å². The van der Waals surface area contributed by atoms with Crippen molar-refractivity contribution in [3.05, 3.63) is 0 Å². The minimum absolute atomic E-state index is 0.300. The maximum absolute atomic E-state index is 9.14. The van der Waals surface area contributed by atoms with Crippen molar-refractivity contribution < 1.29 is 4.74 Å². The van der Waals surface area contributed by atoms with Crippen molar-refractivity contribution in [2.45, 2.75) is 52.2 Å². The van der Waals surface area contributed by atoms with Gasteiger partial charge in [0.25, 0.3) is 0 Å². The van der Waals surface area contributed by atoms with E-state index in [0.717, 1.165) is 39.1 Å². The highest BCUT2D eigenvalue weighted by molar-refractivity contribution is 5.03. The molecule has 0 heterocycles. The third-order valence-corrected chi connectivity index (χ3v) is 2.95. The molecule has 0 fully saturated rings. The maximum atomic E-state index is 9.14. The molecule has 4 heteroatoms. The molecule has 1 unspecified atom stereocenters. The summed E-state index contributed by atoms with van der Waals surface area (Å²) in [6.45, 7) is 11.7. The van der Waals surface area contributed by atoms with Crippen LogP contribution in [0.5, 0.6) is 0 Å². The Morgan fingerprint density at radius 2 is 2.06 bits per heavy atom. The summed E-state index contributed by atoms with van der Waals surface area (Å²) in [4.78, 5) is 2.26. The van der Waals surface area contributed by atoms with Crippen molar-refractivity contribution in [2.75, 3.05) is 33.3 Å². The fourth-order valence-corrected chi connectivity index (χ4v) is 1.83. The number of hydrogen-bond acceptors (Lipinski definition) is 4. The van der Waals surface area contributed by atoms with E-state index in [0.29, 0.717) is 6.10 Å². The van der Waals surface area contributed by atoms with E-state index in [1.54, 1.807) is 0 Å². The minimum Gasteiger partial charge on any atom is -0.377 e. The predicted octanol–water partition coefficient (Wildman–Crippen LogP) is 2.02. The molecule has 0 aliphatic rings. The van der Waals surface area contributed by atoms with Crippen LogP contribution in [0.25, 0.3) is 0 Å². The number of hydrogen-bond donors (Lipinski definition) is 1. The summed E-state index contributed by atoms with van der Waals surface area (Å²) in [5.74, 6) is 0. The highest BCUT2D eigenvalue weighted by Crippen LogP contribution is 2.11. The third-order valence-electron chi connectivity index (χ3n) is 2.95. The summed E-state index contributed by atoms with van der Waals surface area (Å²) >= 11 is 0. The number of nitriles is 1. The number of likely N-dealkylation sites (N-methyl/N-ethyl adjacent to an activating group) is 1. The van der Waals surface area contributed by atoms with Crippen molar-refractivity contribution in [3.63, 3.8) is 0 Å². The fourth-order valence-electron chi connectivity index (χ4n) is 1.83. The lowest BCUT2D eigenvalue weighted by molar-refractivity contribution is 0.0634. The summed E-state index contributed by atoms with van der Waals surface area (Å²) in [7, 11) is 2.10. The molecular weight excluding hydrogens is 226 g/mol. The van der Waals surface area contributed by atoms with Crippen LogP contribution in [0.15, 0.2) is 0 Å². The zero-order chi connectivity index (χ0) is 14.0. The Kier molecular flexibility index (Phi) is 8.99. The molecule has 1 N–H and O–H groups in total. The van der Waals surface area contributed by atoms with Gasteiger partial charge in [0.05, 0.1) is 18.8 Å². The first-order valence-corrected chi connectivity index (χ1v) is 6.90. The Balaban J connectivity index is 3.73. The van der Waals surface area contributed by atoms with E-state index in [1.807, 2.05) is 13.8 Å². The first-order valence-electron chi connectivity index (χ1n) is 6.90. The van der Waals surface area contributed by atoms with Gasteiger partial charge in [-0.05, 0) is 53.8 Å². The van der Waals surface area contributed by atoms with Gasteiger partial charge >= 0.3 is 0 Å². The van der Waals surface area contributed by atoms with Crippen LogP contribution in [0.4, 0.5) is 0 Å². The van der Waals surface area contributed by atoms with Gasteiger partial charge in [-0.2, -0.15) is 5.26 Å². The van der Waals surface area contributed by atoms with Gasteiger partial charge in [0.1, 0.15) is 5.54 Å². The highest BCUT2D eigenvalue weighted by atomic mass is 16.5. The quantitative estimate of drug-likeness (QED) is 0.649. The molecule has 1 atom stereocenters. The average Bonchev–Trinajstić information content (AvgIpc) is 2.29. The lowest BCUT2D eigenvalue weighted by Gasteiger charge is -2.24. The average molecular weight is 255 g/mol. The van der Waals surface area contributed by atoms with Crippen molar-refractivity contribution in [3.8, 4) is 6.07 Å². The lowest BCUT2D eigenvalue weighted by atomic mass is 9.97. The van der Waals surface area contributed by atoms with Crippen molar-refractivity contribution in [1.29, 1.82) is 5.26 Å². The van der Waals surface area contributed by atoms with E-state index in [-0.39, 0.29) is 5.54 Å². The minimum atomic E-state index is -0.385. The van der Waals surface area contributed by atoms with E-state index in [1.165, 1.54) is 0 Å². The van der Waals surface area contributed by atoms with Gasteiger partial charge in [-0.1, -0.05) is 6.92 Å². The van der Waals surface area contributed by atoms with Gasteiger partial charge in [-0.15, -0.1) is 0 Å². The Morgan fingerprint density at radius 1 is 1.39 bits per heavy atom. The highest BCUT2D eigenvalue weighted by Gasteiger charge is 2.21. The molecule has 18 heavy (non-hydrogen) atoms. The molecule has 0 radical (unpaired) electrons. The second-order valence-electron chi connectivity index (χ2n) is 5.30. The molecule has 0 rings (SSSR count). The summed E-state index contributed by atoms with van der Waals surface area (Å²) < 4.78 is 5.51. The number of rotatable bonds is 10. The zero-order valence-corrected chi connectivity index (χ0v) is 12.6. The van der Waals surface area contributed by atoms with Crippen LogP contribution in [0.3, 0.4) is 0 Å². The lowest BCUT2D eigenvalue weighted by Crippen LogP contribution is -2.41. The van der Waals surface area contributed by atoms with Crippen molar-refractivity contribution in [1.82, 2.24) is 10.2 Å². The maximum Gasteiger partial charge on any atom is 0.103 e. The molecule has 0 saturated carbocycles. The smallest absolute Gasteiger partial charge is 0.103 e. The standard InChI is InChI=1S/C14H29N3O/c1-6-16-14(4,12-15)8-7-9-17(5)10-11-18-13(2)3/h13,16H,6-11H2,1-5H3. The summed E-state index contributed by atoms with van der Waals surface area (Å²) in [6, 6.07) is 2.36. The fraction of sp³-hybridized carbons (Fsp3) is 0.929. The van der Waals surface area contributed by atoms with Crippen LogP contribution in [0.2, 0.25) is 0 Å². The van der Waals surface area contributed by atoms with Crippen molar-refractivity contribution >= 4 is 0 Å². The predicted molar refractivity (Wildman–Crippen MR) is 75.5 cm³/mol. The Morgan fingerprint density at radius 3 is 2.56 bits per heavy atom. The monoisotopic (exact) mass is 255 g/mol. The molecule has 0 bridgehead atoms. The second-order valence-corrected chi connectivity index (χ2v) is 5.30.